The molecule has 0 aliphatic rings. The summed E-state index contributed by atoms with van der Waals surface area (Å²) in [5.74, 6) is -0.400. The number of nitrogens with one attached hydrogen (secondary N) is 1. The van der Waals surface area contributed by atoms with Crippen molar-refractivity contribution in [3.8, 4) is 0 Å². The van der Waals surface area contributed by atoms with Crippen molar-refractivity contribution < 1.29 is 18.7 Å². The molecule has 2 aromatic carbocycles. The lowest BCUT2D eigenvalue weighted by Crippen LogP contribution is -2.34. The Bertz CT molecular complexity index is 1150. The van der Waals surface area contributed by atoms with Gasteiger partial charge >= 0.3 is 11.6 Å². The van der Waals surface area contributed by atoms with Crippen molar-refractivity contribution in [3.63, 3.8) is 0 Å². The van der Waals surface area contributed by atoms with E-state index in [0.29, 0.717) is 22.6 Å². The lowest BCUT2D eigenvalue weighted by atomic mass is 9.95. The van der Waals surface area contributed by atoms with Gasteiger partial charge in [0.2, 0.25) is 0 Å². The number of aryl methyl sites for hydroxylation is 1. The molecule has 1 unspecified atom stereocenters. The molecule has 6 heteroatoms. The zero-order chi connectivity index (χ0) is 22.5. The number of hydrogen-bond acceptors (Lipinski definition) is 5. The van der Waals surface area contributed by atoms with Gasteiger partial charge in [-0.1, -0.05) is 32.0 Å². The minimum atomic E-state index is -0.487. The van der Waals surface area contributed by atoms with Gasteiger partial charge in [0.15, 0.2) is 0 Å². The molecule has 0 radical (unpaired) electrons. The van der Waals surface area contributed by atoms with E-state index in [9.17, 15) is 14.4 Å². The predicted octanol–water partition coefficient (Wildman–Crippen LogP) is 4.48. The van der Waals surface area contributed by atoms with Crippen LogP contribution < -0.4 is 10.9 Å². The average molecular weight is 421 g/mol. The molecule has 1 amide bonds. The van der Waals surface area contributed by atoms with Crippen molar-refractivity contribution in [1.29, 1.82) is 0 Å². The molecule has 0 saturated carbocycles. The van der Waals surface area contributed by atoms with Crippen LogP contribution in [0.1, 0.15) is 60.2 Å². The third-order valence-corrected chi connectivity index (χ3v) is 5.11. The topological polar surface area (TPSA) is 85.6 Å². The Morgan fingerprint density at radius 3 is 2.45 bits per heavy atom. The molecule has 0 aliphatic carbocycles. The monoisotopic (exact) mass is 421 g/mol. The number of rotatable bonds is 7. The Morgan fingerprint density at radius 1 is 1.06 bits per heavy atom. The van der Waals surface area contributed by atoms with E-state index in [1.807, 2.05) is 25.1 Å². The lowest BCUT2D eigenvalue weighted by molar-refractivity contribution is -0.145. The van der Waals surface area contributed by atoms with Crippen molar-refractivity contribution in [2.75, 3.05) is 0 Å². The smallest absolute Gasteiger partial charge is 0.336 e. The second kappa shape index (κ2) is 9.60. The van der Waals surface area contributed by atoms with Gasteiger partial charge in [-0.05, 0) is 55.2 Å². The normalized spacial score (nSPS) is 12.0. The van der Waals surface area contributed by atoms with E-state index in [1.165, 1.54) is 6.07 Å². The summed E-state index contributed by atoms with van der Waals surface area (Å²) < 4.78 is 10.7. The summed E-state index contributed by atoms with van der Waals surface area (Å²) >= 11 is 0. The van der Waals surface area contributed by atoms with E-state index in [4.69, 9.17) is 9.15 Å². The molecule has 1 atom stereocenters. The molecule has 162 valence electrons. The molecule has 0 aliphatic heterocycles. The summed E-state index contributed by atoms with van der Waals surface area (Å²) in [7, 11) is 0. The molecule has 3 rings (SSSR count). The number of carbonyl (C=O) groups excluding carboxylic acids is 2. The van der Waals surface area contributed by atoms with Crippen molar-refractivity contribution in [2.45, 2.75) is 52.7 Å². The molecule has 1 heterocycles. The van der Waals surface area contributed by atoms with E-state index in [-0.39, 0.29) is 18.9 Å². The fourth-order valence-electron chi connectivity index (χ4n) is 3.55. The molecular weight excluding hydrogens is 394 g/mol. The van der Waals surface area contributed by atoms with Gasteiger partial charge in [-0.25, -0.2) is 4.79 Å². The molecule has 6 nitrogen and oxygen atoms in total. The van der Waals surface area contributed by atoms with E-state index in [1.54, 1.807) is 31.2 Å². The van der Waals surface area contributed by atoms with Crippen molar-refractivity contribution in [1.82, 2.24) is 5.32 Å². The van der Waals surface area contributed by atoms with Crippen LogP contribution in [0, 0.1) is 6.92 Å². The molecule has 0 saturated heterocycles. The van der Waals surface area contributed by atoms with Crippen LogP contribution in [-0.2, 0) is 16.1 Å². The van der Waals surface area contributed by atoms with Gasteiger partial charge in [0.25, 0.3) is 5.91 Å². The number of esters is 1. The highest BCUT2D eigenvalue weighted by atomic mass is 16.5. The van der Waals surface area contributed by atoms with E-state index < -0.39 is 17.6 Å². The summed E-state index contributed by atoms with van der Waals surface area (Å²) in [4.78, 5) is 36.5. The van der Waals surface area contributed by atoms with Crippen molar-refractivity contribution in [2.24, 2.45) is 0 Å². The SMILES string of the molecule is Cc1cc2oc(=O)cc(COC(=O)CC(C)NC(=O)c3ccccc3)c2cc1C(C)C. The van der Waals surface area contributed by atoms with Crippen molar-refractivity contribution in [3.05, 3.63) is 81.2 Å². The van der Waals surface area contributed by atoms with E-state index >= 15 is 0 Å². The second-order valence-electron chi connectivity index (χ2n) is 8.06. The molecule has 0 bridgehead atoms. The van der Waals surface area contributed by atoms with Gasteiger partial charge in [0.05, 0.1) is 6.42 Å². The van der Waals surface area contributed by atoms with E-state index in [2.05, 4.69) is 19.2 Å². The Morgan fingerprint density at radius 2 is 1.77 bits per heavy atom. The Labute approximate surface area is 181 Å². The number of hydrogen-bond donors (Lipinski definition) is 1. The number of ether oxygens (including phenoxy) is 1. The first-order chi connectivity index (χ1) is 14.7. The van der Waals surface area contributed by atoms with Crippen LogP contribution in [0.3, 0.4) is 0 Å². The van der Waals surface area contributed by atoms with Crippen molar-refractivity contribution >= 4 is 22.8 Å². The summed E-state index contributed by atoms with van der Waals surface area (Å²) in [5.41, 5.74) is 3.31. The van der Waals surface area contributed by atoms with E-state index in [0.717, 1.165) is 16.5 Å². The molecule has 1 aromatic heterocycles. The number of carbonyl (C=O) groups is 2. The molecule has 0 fully saturated rings. The maximum atomic E-state index is 12.3. The minimum Gasteiger partial charge on any atom is -0.461 e. The number of benzene rings is 2. The molecule has 0 spiro atoms. The lowest BCUT2D eigenvalue weighted by Gasteiger charge is -2.15. The first-order valence-electron chi connectivity index (χ1n) is 10.3. The third-order valence-electron chi connectivity index (χ3n) is 5.11. The standard InChI is InChI=1S/C25H27NO5/c1-15(2)20-13-21-19(12-24(28)31-22(21)10-16(20)3)14-30-23(27)11-17(4)26-25(29)18-8-6-5-7-9-18/h5-10,12-13,15,17H,11,14H2,1-4H3,(H,26,29). The average Bonchev–Trinajstić information content (AvgIpc) is 2.71. The fourth-order valence-corrected chi connectivity index (χ4v) is 3.55. The third kappa shape index (κ3) is 5.60. The summed E-state index contributed by atoms with van der Waals surface area (Å²) in [5, 5.41) is 3.54. The van der Waals surface area contributed by atoms with Crippen LogP contribution >= 0.6 is 0 Å². The summed E-state index contributed by atoms with van der Waals surface area (Å²) in [6, 6.07) is 13.6. The van der Waals surface area contributed by atoms with Crippen LogP contribution in [0.2, 0.25) is 0 Å². The molecule has 31 heavy (non-hydrogen) atoms. The first-order valence-corrected chi connectivity index (χ1v) is 10.3. The first kappa shape index (κ1) is 22.3. The predicted molar refractivity (Wildman–Crippen MR) is 119 cm³/mol. The highest BCUT2D eigenvalue weighted by molar-refractivity contribution is 5.94. The van der Waals surface area contributed by atoms with Crippen LogP contribution in [0.15, 0.2) is 57.7 Å². The fraction of sp³-hybridized carbons (Fsp3) is 0.320. The van der Waals surface area contributed by atoms with Gasteiger partial charge in [-0.2, -0.15) is 0 Å². The summed E-state index contributed by atoms with van der Waals surface area (Å²) in [6.07, 6.45) is 0.0221. The molecular formula is C25H27NO5. The van der Waals surface area contributed by atoms with Crippen LogP contribution in [0.5, 0.6) is 0 Å². The maximum absolute atomic E-state index is 12.3. The Balaban J connectivity index is 1.67. The number of fused-ring (bicyclic) bond motifs is 1. The Kier molecular flexibility index (Phi) is 6.90. The maximum Gasteiger partial charge on any atom is 0.336 e. The van der Waals surface area contributed by atoms with Crippen LogP contribution in [0.4, 0.5) is 0 Å². The van der Waals surface area contributed by atoms with Crippen LogP contribution in [0.25, 0.3) is 11.0 Å². The van der Waals surface area contributed by atoms with Gasteiger partial charge < -0.3 is 14.5 Å². The Hall–Kier alpha value is -3.41. The van der Waals surface area contributed by atoms with Gasteiger partial charge in [-0.3, -0.25) is 9.59 Å². The summed E-state index contributed by atoms with van der Waals surface area (Å²) in [6.45, 7) is 7.87. The quantitative estimate of drug-likeness (QED) is 0.449. The van der Waals surface area contributed by atoms with Gasteiger partial charge in [-0.15, -0.1) is 0 Å². The zero-order valence-electron chi connectivity index (χ0n) is 18.2. The molecule has 3 aromatic rings. The zero-order valence-corrected chi connectivity index (χ0v) is 18.2. The van der Waals surface area contributed by atoms with Crippen LogP contribution in [-0.4, -0.2) is 17.9 Å². The van der Waals surface area contributed by atoms with Gasteiger partial charge in [0.1, 0.15) is 12.2 Å². The van der Waals surface area contributed by atoms with Gasteiger partial charge in [0, 0.05) is 28.6 Å². The highest BCUT2D eigenvalue weighted by Crippen LogP contribution is 2.27. The largest absolute Gasteiger partial charge is 0.461 e. The second-order valence-corrected chi connectivity index (χ2v) is 8.06. The highest BCUT2D eigenvalue weighted by Gasteiger charge is 2.16. The molecule has 1 N–H and O–H groups in total. The minimum absolute atomic E-state index is 0.0221. The number of amides is 1.